The van der Waals surface area contributed by atoms with Crippen LogP contribution in [-0.4, -0.2) is 25.3 Å². The Morgan fingerprint density at radius 3 is 0.711 bits per heavy atom. The van der Waals surface area contributed by atoms with Crippen molar-refractivity contribution in [1.29, 1.82) is 0 Å². The Morgan fingerprint density at radius 2 is 0.421 bits per heavy atom. The maximum absolute atomic E-state index is 2.67. The van der Waals surface area contributed by atoms with Gasteiger partial charge in [-0.25, -0.2) is 0 Å². The van der Waals surface area contributed by atoms with Crippen molar-refractivity contribution in [2.75, 3.05) is 0 Å². The summed E-state index contributed by atoms with van der Waals surface area (Å²) in [6.07, 6.45) is 0. The van der Waals surface area contributed by atoms with Gasteiger partial charge < -0.3 is 9.13 Å². The molecule has 2 aromatic heterocycles. The van der Waals surface area contributed by atoms with Crippen LogP contribution in [0.1, 0.15) is 0 Å². The lowest BCUT2D eigenvalue weighted by Crippen LogP contribution is -2.74. The molecule has 0 aliphatic rings. The van der Waals surface area contributed by atoms with Crippen molar-refractivity contribution in [2.24, 2.45) is 0 Å². The summed E-state index contributed by atoms with van der Waals surface area (Å²) in [6, 6.07) is 118. The zero-order chi connectivity index (χ0) is 50.5. The SMILES string of the molecule is c1ccc([Si](c2ccccc2)(c2ccccc2)c2ccc(-n3c4ccccc4c4cc(-c5ccc6c(c5)c5ccccc5n6-c5ccc([Si](c6ccccc6)(c6ccccc6)c6ccccc6)cc5)ccc43)cc2)cc1. The number of benzene rings is 12. The molecule has 0 aliphatic carbocycles. The van der Waals surface area contributed by atoms with E-state index in [-0.39, 0.29) is 0 Å². The number of aromatic nitrogens is 2. The van der Waals surface area contributed by atoms with Crippen molar-refractivity contribution in [3.05, 3.63) is 315 Å². The summed E-state index contributed by atoms with van der Waals surface area (Å²) in [7, 11) is -5.34. The zero-order valence-corrected chi connectivity index (χ0v) is 43.9. The summed E-state index contributed by atoms with van der Waals surface area (Å²) in [4.78, 5) is 0. The molecular weight excluding hydrogens is 949 g/mol. The molecule has 2 heterocycles. The van der Waals surface area contributed by atoms with Crippen molar-refractivity contribution in [1.82, 2.24) is 9.13 Å². The summed E-state index contributed by atoms with van der Waals surface area (Å²) in [6.45, 7) is 0. The van der Waals surface area contributed by atoms with E-state index in [0.717, 1.165) is 11.4 Å². The van der Waals surface area contributed by atoms with E-state index in [0.29, 0.717) is 0 Å². The lowest BCUT2D eigenvalue weighted by Gasteiger charge is -2.34. The van der Waals surface area contributed by atoms with Crippen molar-refractivity contribution >= 4 is 101 Å². The fourth-order valence-electron chi connectivity index (χ4n) is 12.7. The molecule has 14 rings (SSSR count). The van der Waals surface area contributed by atoms with Crippen molar-refractivity contribution in [3.63, 3.8) is 0 Å². The molecule has 4 heteroatoms. The standard InChI is InChI=1S/C72H52N2Si2/c1-7-23-57(24-8-1)75(58-25-9-2-10-26-58,59-27-11-3-12-28-59)63-45-41-55(42-46-63)73-69-37-21-19-35-65(69)67-51-53(39-49-71(67)73)54-40-50-72-68(52-54)66-36-20-22-38-70(66)74(72)56-43-47-64(48-44-56)76(60-29-13-4-14-30-60,61-31-15-5-16-32-61)62-33-17-6-18-34-62/h1-52H. The van der Waals surface area contributed by atoms with Gasteiger partial charge in [-0.1, -0.05) is 255 Å². The summed E-state index contributed by atoms with van der Waals surface area (Å²) < 4.78 is 4.90. The van der Waals surface area contributed by atoms with E-state index in [9.17, 15) is 0 Å². The van der Waals surface area contributed by atoms with Crippen molar-refractivity contribution < 1.29 is 0 Å². The third-order valence-electron chi connectivity index (χ3n) is 16.0. The van der Waals surface area contributed by atoms with Crippen LogP contribution in [0.15, 0.2) is 315 Å². The van der Waals surface area contributed by atoms with E-state index in [1.807, 2.05) is 0 Å². The fourth-order valence-corrected chi connectivity index (χ4v) is 22.2. The average molecular weight is 1000 g/mol. The zero-order valence-electron chi connectivity index (χ0n) is 41.9. The quantitative estimate of drug-likeness (QED) is 0.0903. The van der Waals surface area contributed by atoms with Gasteiger partial charge in [-0.05, 0) is 113 Å². The van der Waals surface area contributed by atoms with Gasteiger partial charge in [-0.3, -0.25) is 0 Å². The molecule has 0 aliphatic heterocycles. The topological polar surface area (TPSA) is 9.86 Å². The maximum atomic E-state index is 2.45. The van der Waals surface area contributed by atoms with Crippen LogP contribution in [0, 0.1) is 0 Å². The van der Waals surface area contributed by atoms with Crippen LogP contribution >= 0.6 is 0 Å². The van der Waals surface area contributed by atoms with E-state index >= 15 is 0 Å². The van der Waals surface area contributed by atoms with E-state index < -0.39 is 16.1 Å². The fraction of sp³-hybridized carbons (Fsp3) is 0. The maximum Gasteiger partial charge on any atom is 0.179 e. The average Bonchev–Trinajstić information content (AvgIpc) is 4.02. The number of hydrogen-bond acceptors (Lipinski definition) is 0. The predicted octanol–water partition coefficient (Wildman–Crippen LogP) is 12.3. The second kappa shape index (κ2) is 18.9. The molecule has 76 heavy (non-hydrogen) atoms. The highest BCUT2D eigenvalue weighted by Crippen LogP contribution is 2.38. The Kier molecular flexibility index (Phi) is 11.2. The van der Waals surface area contributed by atoms with Crippen molar-refractivity contribution in [2.45, 2.75) is 0 Å². The summed E-state index contributed by atoms with van der Waals surface area (Å²) in [5.41, 5.74) is 9.46. The molecule has 2 nitrogen and oxygen atoms in total. The van der Waals surface area contributed by atoms with Crippen LogP contribution in [0.3, 0.4) is 0 Å². The van der Waals surface area contributed by atoms with E-state index in [1.54, 1.807) is 0 Å². The van der Waals surface area contributed by atoms with Crippen LogP contribution in [0.5, 0.6) is 0 Å². The lowest BCUT2D eigenvalue weighted by molar-refractivity contribution is 1.18. The van der Waals surface area contributed by atoms with Gasteiger partial charge in [0.1, 0.15) is 0 Å². The second-order valence-electron chi connectivity index (χ2n) is 20.0. The molecule has 0 N–H and O–H groups in total. The smallest absolute Gasteiger partial charge is 0.179 e. The van der Waals surface area contributed by atoms with Gasteiger partial charge in [-0.2, -0.15) is 0 Å². The molecule has 12 aromatic carbocycles. The Morgan fingerprint density at radius 1 is 0.184 bits per heavy atom. The Bertz CT molecular complexity index is 3870. The highest BCUT2D eigenvalue weighted by atomic mass is 28.3. The summed E-state index contributed by atoms with van der Waals surface area (Å²) in [5, 5.41) is 15.9. The molecule has 0 bridgehead atoms. The Balaban J connectivity index is 0.865. The molecule has 0 atom stereocenters. The van der Waals surface area contributed by atoms with E-state index in [2.05, 4.69) is 325 Å². The first-order valence-electron chi connectivity index (χ1n) is 26.3. The van der Waals surface area contributed by atoms with Gasteiger partial charge in [0.25, 0.3) is 0 Å². The molecule has 0 amide bonds. The van der Waals surface area contributed by atoms with Crippen LogP contribution in [0.2, 0.25) is 0 Å². The highest BCUT2D eigenvalue weighted by Gasteiger charge is 2.42. The van der Waals surface area contributed by atoms with Gasteiger partial charge in [0.05, 0.1) is 22.1 Å². The number of para-hydroxylation sites is 2. The van der Waals surface area contributed by atoms with Crippen LogP contribution in [0.4, 0.5) is 0 Å². The summed E-state index contributed by atoms with van der Waals surface area (Å²) in [5.74, 6) is 0. The molecule has 0 saturated heterocycles. The minimum atomic E-state index is -2.67. The van der Waals surface area contributed by atoms with E-state index in [4.69, 9.17) is 0 Å². The predicted molar refractivity (Wildman–Crippen MR) is 328 cm³/mol. The molecular formula is C72H52N2Si2. The van der Waals surface area contributed by atoms with Gasteiger partial charge >= 0.3 is 0 Å². The third-order valence-corrected chi connectivity index (χ3v) is 25.6. The first kappa shape index (κ1) is 45.3. The summed E-state index contributed by atoms with van der Waals surface area (Å²) >= 11 is 0. The Labute approximate surface area is 445 Å². The largest absolute Gasteiger partial charge is 0.309 e. The first-order valence-corrected chi connectivity index (χ1v) is 30.3. The van der Waals surface area contributed by atoms with Gasteiger partial charge in [0.2, 0.25) is 0 Å². The number of rotatable bonds is 11. The molecule has 14 aromatic rings. The Hall–Kier alpha value is -9.33. The minimum absolute atomic E-state index is 1.15. The van der Waals surface area contributed by atoms with Crippen molar-refractivity contribution in [3.8, 4) is 22.5 Å². The minimum Gasteiger partial charge on any atom is -0.309 e. The first-order chi connectivity index (χ1) is 37.7. The van der Waals surface area contributed by atoms with Gasteiger partial charge in [-0.15, -0.1) is 0 Å². The molecule has 0 radical (unpaired) electrons. The van der Waals surface area contributed by atoms with Gasteiger partial charge in [0.15, 0.2) is 16.1 Å². The monoisotopic (exact) mass is 1000 g/mol. The molecule has 0 fully saturated rings. The number of nitrogens with zero attached hydrogens (tertiary/aromatic N) is 2. The number of fused-ring (bicyclic) bond motifs is 6. The van der Waals surface area contributed by atoms with Crippen LogP contribution in [0.25, 0.3) is 66.1 Å². The van der Waals surface area contributed by atoms with Crippen LogP contribution in [-0.2, 0) is 0 Å². The second-order valence-corrected chi connectivity index (χ2v) is 27.6. The molecule has 0 unspecified atom stereocenters. The number of hydrogen-bond donors (Lipinski definition) is 0. The highest BCUT2D eigenvalue weighted by molar-refractivity contribution is 7.20. The molecule has 0 saturated carbocycles. The lowest BCUT2D eigenvalue weighted by atomic mass is 10.0. The third kappa shape index (κ3) is 7.21. The van der Waals surface area contributed by atoms with Crippen LogP contribution < -0.4 is 41.5 Å². The van der Waals surface area contributed by atoms with Gasteiger partial charge in [0, 0.05) is 32.9 Å². The molecule has 0 spiro atoms. The molecule has 358 valence electrons. The van der Waals surface area contributed by atoms with E-state index in [1.165, 1.54) is 96.2 Å². The normalized spacial score (nSPS) is 11.9.